The topological polar surface area (TPSA) is 292 Å². The lowest BCUT2D eigenvalue weighted by molar-refractivity contribution is -0.137. The van der Waals surface area contributed by atoms with Crippen LogP contribution in [0.5, 0.6) is 17.2 Å². The number of hydrogen-bond donors (Lipinski definition) is 6. The van der Waals surface area contributed by atoms with Gasteiger partial charge in [-0.25, -0.2) is 4.98 Å². The van der Waals surface area contributed by atoms with Crippen molar-refractivity contribution < 1.29 is 52.4 Å². The summed E-state index contributed by atoms with van der Waals surface area (Å²) in [7, 11) is 2.70. The van der Waals surface area contributed by atoms with E-state index in [-0.39, 0.29) is 51.8 Å². The molecule has 10 rings (SSSR count). The maximum Gasteiger partial charge on any atom is 0.416 e. The summed E-state index contributed by atoms with van der Waals surface area (Å²) in [5.41, 5.74) is -0.830. The smallest absolute Gasteiger partial charge is 0.416 e. The Labute approximate surface area is 478 Å². The van der Waals surface area contributed by atoms with Crippen LogP contribution < -0.4 is 31.6 Å². The van der Waals surface area contributed by atoms with E-state index in [0.717, 1.165) is 82.7 Å². The third-order valence-corrected chi connectivity index (χ3v) is 15.4. The normalized spacial score (nSPS) is 14.2. The molecule has 5 aromatic heterocycles. The molecule has 84 heavy (non-hydrogen) atoms. The van der Waals surface area contributed by atoms with Gasteiger partial charge in [-0.3, -0.25) is 48.2 Å². The number of aromatic hydroxyl groups is 2. The van der Waals surface area contributed by atoms with Crippen molar-refractivity contribution in [2.24, 2.45) is 0 Å². The molecule has 440 valence electrons. The second-order valence-electron chi connectivity index (χ2n) is 20.9. The number of aromatic nitrogens is 8. The number of hydrogen-bond acceptors (Lipinski definition) is 15. The molecule has 2 aliphatic carbocycles. The second kappa shape index (κ2) is 25.4. The predicted molar refractivity (Wildman–Crippen MR) is 303 cm³/mol. The Balaban J connectivity index is 0.000000165. The van der Waals surface area contributed by atoms with E-state index in [9.17, 15) is 57.3 Å². The van der Waals surface area contributed by atoms with Crippen LogP contribution in [0.2, 0.25) is 0 Å². The first-order valence-corrected chi connectivity index (χ1v) is 27.2. The number of nitrogens with one attached hydrogen (secondary N) is 3. The number of benzene rings is 3. The SMILES string of the molecule is CC(=O)c1nn(CC2(n3cc(C)c4cccnc43)CCCC2)cc(O)c1=N.CNC(=O)c1nn(CC2(c3cccc(C(F)(F)F)c3)CCCC2)c(CO)c(O)c1=O.CNC(=O)c1nn(CCc2cccc3ccccc23)cc(OC(C)=O)c1=O. The van der Waals surface area contributed by atoms with Crippen LogP contribution in [-0.4, -0.2) is 91.9 Å². The van der Waals surface area contributed by atoms with E-state index in [1.165, 1.54) is 56.6 Å². The van der Waals surface area contributed by atoms with Crippen molar-refractivity contribution in [2.75, 3.05) is 14.1 Å². The van der Waals surface area contributed by atoms with E-state index < -0.39 is 63.8 Å². The summed E-state index contributed by atoms with van der Waals surface area (Å²) in [5.74, 6) is -3.65. The van der Waals surface area contributed by atoms with Crippen molar-refractivity contribution in [3.63, 3.8) is 0 Å². The second-order valence-corrected chi connectivity index (χ2v) is 20.9. The zero-order valence-corrected chi connectivity index (χ0v) is 46.9. The molecule has 2 amide bonds. The number of rotatable bonds is 14. The zero-order chi connectivity index (χ0) is 60.7. The van der Waals surface area contributed by atoms with E-state index >= 15 is 0 Å². The highest BCUT2D eigenvalue weighted by Crippen LogP contribution is 2.45. The number of aliphatic hydroxyl groups is 1. The number of aryl methyl sites for hydroxylation is 3. The van der Waals surface area contributed by atoms with Gasteiger partial charge in [0.1, 0.15) is 16.7 Å². The minimum absolute atomic E-state index is 0.00202. The fraction of sp³-hybridized carbons (Fsp3) is 0.350. The number of esters is 1. The third kappa shape index (κ3) is 13.0. The molecule has 5 heterocycles. The fourth-order valence-corrected chi connectivity index (χ4v) is 11.2. The van der Waals surface area contributed by atoms with Gasteiger partial charge in [-0.1, -0.05) is 86.3 Å². The van der Waals surface area contributed by atoms with Crippen molar-refractivity contribution in [1.82, 2.24) is 49.5 Å². The monoisotopic (exact) mass is 1160 g/mol. The van der Waals surface area contributed by atoms with Gasteiger partial charge in [0.05, 0.1) is 43.2 Å². The van der Waals surface area contributed by atoms with Crippen LogP contribution in [0.1, 0.15) is 125 Å². The van der Waals surface area contributed by atoms with Crippen molar-refractivity contribution in [3.8, 4) is 17.2 Å². The average Bonchev–Trinajstić information content (AvgIpc) is 2.46. The van der Waals surface area contributed by atoms with Crippen LogP contribution in [0.4, 0.5) is 13.2 Å². The lowest BCUT2D eigenvalue weighted by Gasteiger charge is -2.32. The first kappa shape index (κ1) is 60.8. The van der Waals surface area contributed by atoms with E-state index in [0.29, 0.717) is 37.9 Å². The molecule has 0 unspecified atom stereocenters. The Morgan fingerprint density at radius 3 is 2.04 bits per heavy atom. The summed E-state index contributed by atoms with van der Waals surface area (Å²) in [6.07, 6.45) is 9.71. The molecule has 0 bridgehead atoms. The number of alkyl halides is 3. The highest BCUT2D eigenvalue weighted by Gasteiger charge is 2.41. The summed E-state index contributed by atoms with van der Waals surface area (Å²) in [5, 5.41) is 58.2. The Morgan fingerprint density at radius 1 is 0.750 bits per heavy atom. The number of carbonyl (C=O) groups excluding carboxylic acids is 4. The van der Waals surface area contributed by atoms with Crippen molar-refractivity contribution in [3.05, 3.63) is 174 Å². The van der Waals surface area contributed by atoms with Gasteiger partial charge in [0.2, 0.25) is 0 Å². The van der Waals surface area contributed by atoms with Crippen LogP contribution in [0.25, 0.3) is 21.8 Å². The molecular formula is C60H64F3N11O10. The van der Waals surface area contributed by atoms with Gasteiger partial charge in [0, 0.05) is 57.7 Å². The average molecular weight is 1160 g/mol. The Bertz CT molecular complexity index is 3980. The molecule has 8 aromatic rings. The summed E-state index contributed by atoms with van der Waals surface area (Å²) in [6, 6.07) is 23.2. The number of Topliss-reactive ketones (excluding diaryl/α,β-unsaturated/α-hetero) is 1. The van der Waals surface area contributed by atoms with Gasteiger partial charge in [-0.05, 0) is 84.7 Å². The van der Waals surface area contributed by atoms with E-state index in [1.807, 2.05) is 48.5 Å². The number of fused-ring (bicyclic) bond motifs is 2. The van der Waals surface area contributed by atoms with Gasteiger partial charge in [-0.2, -0.15) is 28.5 Å². The Morgan fingerprint density at radius 2 is 1.38 bits per heavy atom. The number of carbonyl (C=O) groups is 4. The van der Waals surface area contributed by atoms with Crippen LogP contribution >= 0.6 is 0 Å². The van der Waals surface area contributed by atoms with Crippen molar-refractivity contribution in [2.45, 2.75) is 122 Å². The number of amides is 2. The molecule has 24 heteroatoms. The number of aliphatic hydroxyl groups excluding tert-OH is 1. The molecule has 6 N–H and O–H groups in total. The fourth-order valence-electron chi connectivity index (χ4n) is 11.2. The molecular weight excluding hydrogens is 1090 g/mol. The number of ketones is 1. The van der Waals surface area contributed by atoms with E-state index in [1.54, 1.807) is 16.9 Å². The lowest BCUT2D eigenvalue weighted by Crippen LogP contribution is -2.36. The summed E-state index contributed by atoms with van der Waals surface area (Å²) in [4.78, 5) is 76.1. The van der Waals surface area contributed by atoms with Crippen LogP contribution in [-0.2, 0) is 54.6 Å². The minimum Gasteiger partial charge on any atom is -0.504 e. The molecule has 0 aliphatic heterocycles. The maximum absolute atomic E-state index is 13.2. The van der Waals surface area contributed by atoms with Gasteiger partial charge in [0.15, 0.2) is 40.1 Å². The molecule has 0 spiro atoms. The largest absolute Gasteiger partial charge is 0.504 e. The Hall–Kier alpha value is -9.32. The summed E-state index contributed by atoms with van der Waals surface area (Å²) in [6.45, 7) is 4.85. The van der Waals surface area contributed by atoms with Gasteiger partial charge < -0.3 is 35.3 Å². The number of pyridine rings is 1. The van der Waals surface area contributed by atoms with Gasteiger partial charge in [-0.15, -0.1) is 0 Å². The summed E-state index contributed by atoms with van der Waals surface area (Å²) >= 11 is 0. The summed E-state index contributed by atoms with van der Waals surface area (Å²) < 4.78 is 51.1. The lowest BCUT2D eigenvalue weighted by atomic mass is 9.78. The van der Waals surface area contributed by atoms with Crippen molar-refractivity contribution in [1.29, 1.82) is 5.41 Å². The number of halogens is 3. The van der Waals surface area contributed by atoms with Gasteiger partial charge >= 0.3 is 12.1 Å². The highest BCUT2D eigenvalue weighted by molar-refractivity contribution is 5.93. The molecule has 2 fully saturated rings. The maximum atomic E-state index is 13.2. The van der Waals surface area contributed by atoms with Gasteiger partial charge in [0.25, 0.3) is 22.7 Å². The number of ether oxygens (including phenoxy) is 1. The molecule has 3 aromatic carbocycles. The minimum atomic E-state index is -4.49. The van der Waals surface area contributed by atoms with Crippen LogP contribution in [0, 0.1) is 12.3 Å². The molecule has 0 saturated heterocycles. The molecule has 0 atom stereocenters. The predicted octanol–water partition coefficient (Wildman–Crippen LogP) is 7.15. The molecule has 2 saturated carbocycles. The Kier molecular flexibility index (Phi) is 18.4. The zero-order valence-electron chi connectivity index (χ0n) is 46.9. The first-order chi connectivity index (χ1) is 40.0. The van der Waals surface area contributed by atoms with E-state index in [4.69, 9.17) is 10.1 Å². The highest BCUT2D eigenvalue weighted by atomic mass is 19.4. The van der Waals surface area contributed by atoms with Crippen molar-refractivity contribution >= 4 is 45.4 Å². The molecule has 2 aliphatic rings. The quantitative estimate of drug-likeness (QED) is 0.0466. The van der Waals surface area contributed by atoms with E-state index in [2.05, 4.69) is 54.7 Å². The number of nitrogens with zero attached hydrogens (tertiary/aromatic N) is 8. The standard InChI is InChI=1S/C20H22F3N3O4.C20H23N5O2.C20H19N3O4/c1-24-18(30)15-17(29)16(28)14(10-27)26(25-15)11-19(7-2-3-8-19)12-5-4-6-13(9-12)20(21,22)23;1-13-10-25(19-15(13)6-5-9-22-19)20(7-3-4-8-20)12-24-11-16(27)17(21)18(23-24)14(2)26;1-13(24)27-17-12-23(22-18(19(17)25)20(26)21-2)11-10-15-8-5-7-14-6-3-4-9-16(14)15/h4-6,9,27-28H,2-3,7-8,10-11H2,1H3,(H,24,30);5-6,9-11,21,27H,3-4,7-8,12H2,1-2H3;3-9,12H,10-11H2,1-2H3,(H,21,26). The third-order valence-electron chi connectivity index (χ3n) is 15.4. The molecule has 21 nitrogen and oxygen atoms in total. The molecule has 0 radical (unpaired) electrons. The van der Waals surface area contributed by atoms with Crippen LogP contribution in [0.3, 0.4) is 0 Å². The van der Waals surface area contributed by atoms with Crippen LogP contribution in [0.15, 0.2) is 113 Å². The first-order valence-electron chi connectivity index (χ1n) is 27.2.